The Morgan fingerprint density at radius 3 is 1.90 bits per heavy atom. The van der Waals surface area contributed by atoms with Crippen molar-refractivity contribution in [3.63, 3.8) is 0 Å². The molecule has 4 heteroatoms. The Kier molecular flexibility index (Phi) is 5.24. The summed E-state index contributed by atoms with van der Waals surface area (Å²) in [5.74, 6) is 0.550. The van der Waals surface area contributed by atoms with Crippen molar-refractivity contribution in [2.24, 2.45) is 5.92 Å². The summed E-state index contributed by atoms with van der Waals surface area (Å²) in [4.78, 5) is 0.363. The zero-order valence-electron chi connectivity index (χ0n) is 5.87. The first kappa shape index (κ1) is 11.5. The van der Waals surface area contributed by atoms with Gasteiger partial charge in [-0.05, 0) is 21.8 Å². The van der Waals surface area contributed by atoms with Crippen LogP contribution in [0.4, 0.5) is 0 Å². The van der Waals surface area contributed by atoms with Crippen LogP contribution in [-0.2, 0) is 0 Å². The minimum absolute atomic E-state index is 0.363. The van der Waals surface area contributed by atoms with Crippen molar-refractivity contribution in [2.45, 2.75) is 28.3 Å². The van der Waals surface area contributed by atoms with E-state index in [9.17, 15) is 0 Å². The zero-order valence-corrected chi connectivity index (χ0v) is 10.6. The Hall–Kier alpha value is 1.54. The maximum absolute atomic E-state index is 5.72. The van der Waals surface area contributed by atoms with Gasteiger partial charge in [-0.1, -0.05) is 53.0 Å². The quantitative estimate of drug-likeness (QED) is 0.681. The van der Waals surface area contributed by atoms with E-state index >= 15 is 0 Å². The molecule has 0 saturated heterocycles. The molecular formula is C6H10Br2Cl2. The molecule has 62 valence electrons. The molecule has 10 heavy (non-hydrogen) atoms. The Bertz CT molecular complexity index is 98.4. The van der Waals surface area contributed by atoms with Crippen molar-refractivity contribution in [3.8, 4) is 0 Å². The van der Waals surface area contributed by atoms with Gasteiger partial charge < -0.3 is 0 Å². The lowest BCUT2D eigenvalue weighted by Gasteiger charge is -2.18. The second-order valence-electron chi connectivity index (χ2n) is 2.58. The van der Waals surface area contributed by atoms with Gasteiger partial charge in [0.1, 0.15) is 0 Å². The molecule has 0 aliphatic carbocycles. The van der Waals surface area contributed by atoms with E-state index in [4.69, 9.17) is 23.2 Å². The third kappa shape index (κ3) is 6.26. The molecule has 0 spiro atoms. The highest BCUT2D eigenvalue weighted by atomic mass is 79.9. The SMILES string of the molecule is CC(C)C(Br)CC(Cl)(Cl)Br. The van der Waals surface area contributed by atoms with Gasteiger partial charge in [0.2, 0.25) is 0 Å². The smallest absolute Gasteiger partial charge is 0.0888 e. The van der Waals surface area contributed by atoms with Crippen LogP contribution in [-0.4, -0.2) is 8.07 Å². The Morgan fingerprint density at radius 2 is 1.80 bits per heavy atom. The van der Waals surface area contributed by atoms with Gasteiger partial charge in [0, 0.05) is 11.2 Å². The summed E-state index contributed by atoms with van der Waals surface area (Å²) >= 11 is 18.1. The summed E-state index contributed by atoms with van der Waals surface area (Å²) in [6.45, 7) is 4.23. The van der Waals surface area contributed by atoms with E-state index < -0.39 is 3.24 Å². The highest BCUT2D eigenvalue weighted by Gasteiger charge is 2.24. The Labute approximate surface area is 88.9 Å². The average Bonchev–Trinajstić information content (AvgIpc) is 1.60. The van der Waals surface area contributed by atoms with Crippen LogP contribution in [0.15, 0.2) is 0 Å². The Morgan fingerprint density at radius 1 is 1.40 bits per heavy atom. The molecule has 0 aromatic rings. The molecule has 0 bridgehead atoms. The van der Waals surface area contributed by atoms with Gasteiger partial charge in [0.25, 0.3) is 0 Å². The van der Waals surface area contributed by atoms with Gasteiger partial charge in [0.05, 0.1) is 0 Å². The van der Waals surface area contributed by atoms with Gasteiger partial charge in [0.15, 0.2) is 3.24 Å². The minimum atomic E-state index is -0.786. The van der Waals surface area contributed by atoms with Gasteiger partial charge in [-0.15, -0.1) is 0 Å². The van der Waals surface area contributed by atoms with Crippen molar-refractivity contribution in [3.05, 3.63) is 0 Å². The second kappa shape index (κ2) is 4.54. The number of alkyl halides is 4. The van der Waals surface area contributed by atoms with Crippen LogP contribution in [0.3, 0.4) is 0 Å². The number of rotatable bonds is 3. The highest BCUT2D eigenvalue weighted by Crippen LogP contribution is 2.37. The van der Waals surface area contributed by atoms with Gasteiger partial charge in [-0.3, -0.25) is 0 Å². The molecule has 0 fully saturated rings. The molecular weight excluding hydrogens is 303 g/mol. The van der Waals surface area contributed by atoms with Crippen molar-refractivity contribution in [2.75, 3.05) is 0 Å². The first-order chi connectivity index (χ1) is 4.33. The monoisotopic (exact) mass is 310 g/mol. The molecule has 0 aromatic heterocycles. The molecule has 0 aliphatic heterocycles. The van der Waals surface area contributed by atoms with Crippen molar-refractivity contribution in [1.29, 1.82) is 0 Å². The highest BCUT2D eigenvalue weighted by molar-refractivity contribution is 9.11. The average molecular weight is 313 g/mol. The molecule has 1 unspecified atom stereocenters. The molecule has 0 radical (unpaired) electrons. The van der Waals surface area contributed by atoms with E-state index in [-0.39, 0.29) is 0 Å². The lowest BCUT2D eigenvalue weighted by Crippen LogP contribution is -2.15. The van der Waals surface area contributed by atoms with Gasteiger partial charge in [-0.25, -0.2) is 0 Å². The van der Waals surface area contributed by atoms with Crippen LogP contribution in [0.5, 0.6) is 0 Å². The van der Waals surface area contributed by atoms with Crippen LogP contribution < -0.4 is 0 Å². The molecule has 0 amide bonds. The molecule has 1 atom stereocenters. The Balaban J connectivity index is 3.68. The molecule has 0 saturated carbocycles. The number of hydrogen-bond donors (Lipinski definition) is 0. The fourth-order valence-electron chi connectivity index (χ4n) is 0.457. The van der Waals surface area contributed by atoms with Crippen molar-refractivity contribution >= 4 is 55.1 Å². The van der Waals surface area contributed by atoms with Crippen LogP contribution in [0.25, 0.3) is 0 Å². The fraction of sp³-hybridized carbons (Fsp3) is 1.00. The van der Waals surface area contributed by atoms with E-state index in [1.165, 1.54) is 0 Å². The maximum Gasteiger partial charge on any atom is 0.173 e. The molecule has 0 aromatic carbocycles. The molecule has 0 rings (SSSR count). The van der Waals surface area contributed by atoms with Gasteiger partial charge in [-0.2, -0.15) is 0 Å². The summed E-state index contributed by atoms with van der Waals surface area (Å²) in [5.41, 5.74) is 0. The first-order valence-corrected chi connectivity index (χ1v) is 5.50. The minimum Gasteiger partial charge on any atom is -0.0888 e. The molecule has 0 nitrogen and oxygen atoms in total. The predicted octanol–water partition coefficient (Wildman–Crippen LogP) is 4.32. The van der Waals surface area contributed by atoms with Crippen LogP contribution in [0.1, 0.15) is 20.3 Å². The van der Waals surface area contributed by atoms with E-state index in [1.807, 2.05) is 0 Å². The number of hydrogen-bond acceptors (Lipinski definition) is 0. The summed E-state index contributed by atoms with van der Waals surface area (Å²) in [6, 6.07) is 0. The maximum atomic E-state index is 5.72. The second-order valence-corrected chi connectivity index (χ2v) is 7.51. The van der Waals surface area contributed by atoms with Gasteiger partial charge >= 0.3 is 0 Å². The van der Waals surface area contributed by atoms with E-state index in [1.54, 1.807) is 0 Å². The van der Waals surface area contributed by atoms with E-state index in [2.05, 4.69) is 45.7 Å². The number of halogens is 4. The fourth-order valence-corrected chi connectivity index (χ4v) is 2.43. The largest absolute Gasteiger partial charge is 0.173 e. The van der Waals surface area contributed by atoms with Crippen molar-refractivity contribution in [1.82, 2.24) is 0 Å². The normalized spacial score (nSPS) is 15.9. The van der Waals surface area contributed by atoms with E-state index in [0.717, 1.165) is 0 Å². The lowest BCUT2D eigenvalue weighted by atomic mass is 10.1. The third-order valence-electron chi connectivity index (χ3n) is 1.15. The molecule has 0 aliphatic rings. The summed E-state index contributed by atoms with van der Waals surface area (Å²) < 4.78 is -0.786. The topological polar surface area (TPSA) is 0 Å². The molecule has 0 N–H and O–H groups in total. The lowest BCUT2D eigenvalue weighted by molar-refractivity contribution is 0.591. The van der Waals surface area contributed by atoms with E-state index in [0.29, 0.717) is 17.2 Å². The molecule has 0 heterocycles. The van der Waals surface area contributed by atoms with Crippen LogP contribution in [0.2, 0.25) is 0 Å². The first-order valence-electron chi connectivity index (χ1n) is 3.04. The summed E-state index contributed by atoms with van der Waals surface area (Å²) in [7, 11) is 0. The van der Waals surface area contributed by atoms with Crippen LogP contribution in [0, 0.1) is 5.92 Å². The summed E-state index contributed by atoms with van der Waals surface area (Å²) in [6.07, 6.45) is 0.702. The van der Waals surface area contributed by atoms with Crippen molar-refractivity contribution < 1.29 is 0 Å². The summed E-state index contributed by atoms with van der Waals surface area (Å²) in [5, 5.41) is 0. The third-order valence-corrected chi connectivity index (χ3v) is 3.16. The predicted molar refractivity (Wildman–Crippen MR) is 55.5 cm³/mol. The standard InChI is InChI=1S/C6H10Br2Cl2/c1-4(2)5(7)3-6(8,9)10/h4-5H,3H2,1-2H3. The zero-order chi connectivity index (χ0) is 8.36. The van der Waals surface area contributed by atoms with Crippen LogP contribution >= 0.6 is 55.1 Å².